The third kappa shape index (κ3) is 5.40. The second-order valence-corrected chi connectivity index (χ2v) is 4.00. The summed E-state index contributed by atoms with van der Waals surface area (Å²) in [5, 5.41) is 14.2. The number of anilines is 1. The van der Waals surface area contributed by atoms with Crippen molar-refractivity contribution in [3.8, 4) is 6.07 Å². The Hall–Kier alpha value is -2.06. The average molecular weight is 282 g/mol. The Bertz CT molecular complexity index is 494. The van der Waals surface area contributed by atoms with Gasteiger partial charge in [-0.2, -0.15) is 5.26 Å². The smallest absolute Gasteiger partial charge is 0.263 e. The number of hydrogen-bond donors (Lipinski definition) is 2. The number of halogens is 2. The standard InChI is InChI=1S/C13H13ClFN3O/c14-6-1-7-17-13(19)10(8-16)9-18-12-4-2-11(15)3-5-12/h2-5,9,18H,1,6-7H2,(H,17,19)/b10-9-. The molecule has 0 aromatic heterocycles. The molecule has 1 rings (SSSR count). The van der Waals surface area contributed by atoms with Gasteiger partial charge in [-0.15, -0.1) is 11.6 Å². The number of alkyl halides is 1. The highest BCUT2D eigenvalue weighted by Gasteiger charge is 2.07. The molecule has 2 N–H and O–H groups in total. The molecule has 100 valence electrons. The van der Waals surface area contributed by atoms with Gasteiger partial charge < -0.3 is 10.6 Å². The number of amides is 1. The topological polar surface area (TPSA) is 64.9 Å². The van der Waals surface area contributed by atoms with E-state index in [1.165, 1.54) is 30.5 Å². The highest BCUT2D eigenvalue weighted by molar-refractivity contribution is 6.17. The maximum atomic E-state index is 12.7. The first-order chi connectivity index (χ1) is 9.17. The fourth-order valence-electron chi connectivity index (χ4n) is 1.21. The molecule has 6 heteroatoms. The lowest BCUT2D eigenvalue weighted by atomic mass is 10.2. The highest BCUT2D eigenvalue weighted by atomic mass is 35.5. The summed E-state index contributed by atoms with van der Waals surface area (Å²) >= 11 is 5.48. The van der Waals surface area contributed by atoms with Gasteiger partial charge >= 0.3 is 0 Å². The molecule has 0 aliphatic rings. The number of hydrogen-bond acceptors (Lipinski definition) is 3. The van der Waals surface area contributed by atoms with Gasteiger partial charge in [0, 0.05) is 24.3 Å². The summed E-state index contributed by atoms with van der Waals surface area (Å²) in [7, 11) is 0. The van der Waals surface area contributed by atoms with Gasteiger partial charge in [-0.05, 0) is 30.7 Å². The molecular formula is C13H13ClFN3O. The molecule has 4 nitrogen and oxygen atoms in total. The lowest BCUT2D eigenvalue weighted by Crippen LogP contribution is -2.26. The van der Waals surface area contributed by atoms with Gasteiger partial charge in [0.2, 0.25) is 0 Å². The summed E-state index contributed by atoms with van der Waals surface area (Å²) in [6, 6.07) is 7.36. The lowest BCUT2D eigenvalue weighted by Gasteiger charge is -2.04. The summed E-state index contributed by atoms with van der Waals surface area (Å²) in [6.45, 7) is 0.415. The largest absolute Gasteiger partial charge is 0.360 e. The minimum absolute atomic E-state index is 0.0566. The Kier molecular flexibility index (Phi) is 6.41. The van der Waals surface area contributed by atoms with Gasteiger partial charge in [0.1, 0.15) is 17.5 Å². The monoisotopic (exact) mass is 281 g/mol. The van der Waals surface area contributed by atoms with Crippen LogP contribution in [0.2, 0.25) is 0 Å². The van der Waals surface area contributed by atoms with Crippen molar-refractivity contribution >= 4 is 23.2 Å². The van der Waals surface area contributed by atoms with Crippen LogP contribution in [0.3, 0.4) is 0 Å². The van der Waals surface area contributed by atoms with E-state index in [0.717, 1.165) is 0 Å². The fraction of sp³-hybridized carbons (Fsp3) is 0.231. The number of rotatable bonds is 6. The van der Waals surface area contributed by atoms with Crippen molar-refractivity contribution in [1.82, 2.24) is 5.32 Å². The molecule has 0 fully saturated rings. The number of nitriles is 1. The predicted molar refractivity (Wildman–Crippen MR) is 72.1 cm³/mol. The Morgan fingerprint density at radius 2 is 2.11 bits per heavy atom. The Morgan fingerprint density at radius 1 is 1.42 bits per heavy atom. The molecule has 1 aromatic rings. The van der Waals surface area contributed by atoms with Crippen molar-refractivity contribution in [2.45, 2.75) is 6.42 Å². The first kappa shape index (κ1) is 15.0. The van der Waals surface area contributed by atoms with Crippen LogP contribution in [0, 0.1) is 17.1 Å². The highest BCUT2D eigenvalue weighted by Crippen LogP contribution is 2.08. The van der Waals surface area contributed by atoms with Gasteiger partial charge in [0.25, 0.3) is 5.91 Å². The molecule has 0 heterocycles. The molecule has 0 bridgehead atoms. The maximum absolute atomic E-state index is 12.7. The van der Waals surface area contributed by atoms with Gasteiger partial charge in [-0.1, -0.05) is 0 Å². The van der Waals surface area contributed by atoms with Crippen LogP contribution in [0.1, 0.15) is 6.42 Å². The summed E-state index contributed by atoms with van der Waals surface area (Å²) < 4.78 is 12.7. The van der Waals surface area contributed by atoms with E-state index in [9.17, 15) is 9.18 Å². The van der Waals surface area contributed by atoms with Crippen molar-refractivity contribution in [2.75, 3.05) is 17.7 Å². The van der Waals surface area contributed by atoms with E-state index in [0.29, 0.717) is 24.5 Å². The van der Waals surface area contributed by atoms with Crippen LogP contribution >= 0.6 is 11.6 Å². The third-order valence-corrected chi connectivity index (χ3v) is 2.46. The van der Waals surface area contributed by atoms with Crippen LogP contribution in [-0.2, 0) is 4.79 Å². The van der Waals surface area contributed by atoms with E-state index in [-0.39, 0.29) is 11.4 Å². The zero-order valence-electron chi connectivity index (χ0n) is 10.1. The number of carbonyl (C=O) groups is 1. The van der Waals surface area contributed by atoms with E-state index in [4.69, 9.17) is 16.9 Å². The number of carbonyl (C=O) groups excluding carboxylic acids is 1. The molecule has 0 radical (unpaired) electrons. The van der Waals surface area contributed by atoms with Crippen LogP contribution < -0.4 is 10.6 Å². The SMILES string of the molecule is N#C/C(=C/Nc1ccc(F)cc1)C(=O)NCCCCl. The molecule has 0 saturated carbocycles. The molecule has 0 saturated heterocycles. The number of nitrogens with zero attached hydrogens (tertiary/aromatic N) is 1. The van der Waals surface area contributed by atoms with Gasteiger partial charge in [-0.25, -0.2) is 4.39 Å². The maximum Gasteiger partial charge on any atom is 0.263 e. The quantitative estimate of drug-likeness (QED) is 0.364. The summed E-state index contributed by atoms with van der Waals surface area (Å²) in [5.74, 6) is -0.379. The molecule has 0 atom stereocenters. The Balaban J connectivity index is 2.59. The average Bonchev–Trinajstić information content (AvgIpc) is 2.42. The van der Waals surface area contributed by atoms with E-state index >= 15 is 0 Å². The molecule has 19 heavy (non-hydrogen) atoms. The van der Waals surface area contributed by atoms with E-state index in [2.05, 4.69) is 10.6 Å². The number of benzene rings is 1. The minimum atomic E-state index is -0.470. The van der Waals surface area contributed by atoms with Crippen LogP contribution in [0.25, 0.3) is 0 Å². The zero-order valence-corrected chi connectivity index (χ0v) is 10.9. The van der Waals surface area contributed by atoms with E-state index in [1.54, 1.807) is 6.07 Å². The molecule has 0 aliphatic carbocycles. The van der Waals surface area contributed by atoms with Crippen LogP contribution in [0.4, 0.5) is 10.1 Å². The molecule has 1 amide bonds. The van der Waals surface area contributed by atoms with Crippen LogP contribution in [0.15, 0.2) is 36.0 Å². The van der Waals surface area contributed by atoms with Crippen LogP contribution in [0.5, 0.6) is 0 Å². The summed E-state index contributed by atoms with van der Waals surface area (Å²) in [6.07, 6.45) is 1.92. The zero-order chi connectivity index (χ0) is 14.1. The van der Waals surface area contributed by atoms with Crippen molar-refractivity contribution < 1.29 is 9.18 Å². The fourth-order valence-corrected chi connectivity index (χ4v) is 1.35. The van der Waals surface area contributed by atoms with Crippen molar-refractivity contribution in [2.24, 2.45) is 0 Å². The molecule has 0 aliphatic heterocycles. The Morgan fingerprint density at radius 3 is 2.68 bits per heavy atom. The predicted octanol–water partition coefficient (Wildman–Crippen LogP) is 2.39. The second kappa shape index (κ2) is 8.11. The minimum Gasteiger partial charge on any atom is -0.360 e. The van der Waals surface area contributed by atoms with Gasteiger partial charge in [0.05, 0.1) is 0 Å². The molecule has 0 spiro atoms. The van der Waals surface area contributed by atoms with E-state index < -0.39 is 5.91 Å². The normalized spacial score (nSPS) is 10.7. The van der Waals surface area contributed by atoms with Gasteiger partial charge in [-0.3, -0.25) is 4.79 Å². The van der Waals surface area contributed by atoms with Gasteiger partial charge in [0.15, 0.2) is 0 Å². The van der Waals surface area contributed by atoms with Crippen molar-refractivity contribution in [3.05, 3.63) is 41.9 Å². The molecular weight excluding hydrogens is 269 g/mol. The van der Waals surface area contributed by atoms with E-state index in [1.807, 2.05) is 0 Å². The van der Waals surface area contributed by atoms with Crippen molar-refractivity contribution in [3.63, 3.8) is 0 Å². The lowest BCUT2D eigenvalue weighted by molar-refractivity contribution is -0.117. The first-order valence-corrected chi connectivity index (χ1v) is 6.17. The molecule has 0 unspecified atom stereocenters. The summed E-state index contributed by atoms with van der Waals surface area (Å²) in [4.78, 5) is 11.6. The Labute approximate surface area is 115 Å². The second-order valence-electron chi connectivity index (χ2n) is 3.62. The molecule has 1 aromatic carbocycles. The third-order valence-electron chi connectivity index (χ3n) is 2.19. The first-order valence-electron chi connectivity index (χ1n) is 5.64. The van der Waals surface area contributed by atoms with Crippen LogP contribution in [-0.4, -0.2) is 18.3 Å². The number of nitrogens with one attached hydrogen (secondary N) is 2. The summed E-state index contributed by atoms with van der Waals surface area (Å²) in [5.41, 5.74) is 0.529. The van der Waals surface area contributed by atoms with Crippen molar-refractivity contribution in [1.29, 1.82) is 5.26 Å².